The lowest BCUT2D eigenvalue weighted by molar-refractivity contribution is -0.139. The molecule has 114 valence electrons. The van der Waals surface area contributed by atoms with Crippen molar-refractivity contribution < 1.29 is 9.90 Å². The zero-order valence-electron chi connectivity index (χ0n) is 13.0. The SMILES string of the molecule is CC12CC3CC(C)(C1)CC(NC(=O)CCCCO)(C3)C2. The number of carbonyl (C=O) groups excluding carboxylic acids is 1. The number of unbranched alkanes of at least 4 members (excludes halogenated alkanes) is 1. The Kier molecular flexibility index (Phi) is 3.39. The minimum Gasteiger partial charge on any atom is -0.396 e. The van der Waals surface area contributed by atoms with Gasteiger partial charge in [-0.3, -0.25) is 4.79 Å². The summed E-state index contributed by atoms with van der Waals surface area (Å²) in [5.41, 5.74) is 0.984. The topological polar surface area (TPSA) is 49.3 Å². The van der Waals surface area contributed by atoms with Gasteiger partial charge in [0.15, 0.2) is 0 Å². The van der Waals surface area contributed by atoms with Gasteiger partial charge in [-0.1, -0.05) is 13.8 Å². The molecule has 1 amide bonds. The largest absolute Gasteiger partial charge is 0.396 e. The highest BCUT2D eigenvalue weighted by molar-refractivity contribution is 5.76. The molecule has 2 N–H and O–H groups in total. The number of aliphatic hydroxyl groups excluding tert-OH is 1. The first-order valence-electron chi connectivity index (χ1n) is 8.28. The third-order valence-electron chi connectivity index (χ3n) is 5.84. The fourth-order valence-electron chi connectivity index (χ4n) is 6.34. The van der Waals surface area contributed by atoms with Crippen molar-refractivity contribution in [3.8, 4) is 0 Å². The van der Waals surface area contributed by atoms with Crippen molar-refractivity contribution in [1.29, 1.82) is 0 Å². The predicted octanol–water partition coefficient (Wildman–Crippen LogP) is 3.01. The maximum atomic E-state index is 12.2. The van der Waals surface area contributed by atoms with Gasteiger partial charge in [-0.25, -0.2) is 0 Å². The van der Waals surface area contributed by atoms with E-state index in [-0.39, 0.29) is 18.1 Å². The molecule has 4 rings (SSSR count). The second-order valence-corrected chi connectivity index (χ2v) is 8.64. The smallest absolute Gasteiger partial charge is 0.220 e. The fraction of sp³-hybridized carbons (Fsp3) is 0.941. The highest BCUT2D eigenvalue weighted by Crippen LogP contribution is 2.66. The van der Waals surface area contributed by atoms with E-state index in [1.165, 1.54) is 38.5 Å². The highest BCUT2D eigenvalue weighted by Gasteiger charge is 2.60. The van der Waals surface area contributed by atoms with Crippen molar-refractivity contribution in [2.24, 2.45) is 16.7 Å². The summed E-state index contributed by atoms with van der Waals surface area (Å²) in [4.78, 5) is 12.2. The number of hydrogen-bond donors (Lipinski definition) is 2. The van der Waals surface area contributed by atoms with E-state index in [2.05, 4.69) is 19.2 Å². The minimum atomic E-state index is 0.0826. The molecule has 0 saturated heterocycles. The molecule has 2 atom stereocenters. The van der Waals surface area contributed by atoms with E-state index in [0.29, 0.717) is 17.3 Å². The van der Waals surface area contributed by atoms with Crippen LogP contribution in [-0.2, 0) is 4.79 Å². The first kappa shape index (κ1) is 14.4. The standard InChI is InChI=1S/C17H29NO2/c1-15-7-13-8-16(2,10-15)12-17(9-13,11-15)18-14(20)5-3-4-6-19/h13,19H,3-12H2,1-2H3,(H,18,20). The van der Waals surface area contributed by atoms with E-state index in [0.717, 1.165) is 18.8 Å². The Balaban J connectivity index is 1.68. The molecule has 0 aliphatic heterocycles. The van der Waals surface area contributed by atoms with Crippen LogP contribution in [0.15, 0.2) is 0 Å². The summed E-state index contributed by atoms with van der Waals surface area (Å²) in [6.07, 6.45) is 9.74. The lowest BCUT2D eigenvalue weighted by Gasteiger charge is -2.65. The van der Waals surface area contributed by atoms with Crippen molar-refractivity contribution in [2.75, 3.05) is 6.61 Å². The molecular formula is C17H29NO2. The van der Waals surface area contributed by atoms with E-state index in [4.69, 9.17) is 5.11 Å². The average Bonchev–Trinajstić information content (AvgIpc) is 2.22. The third-order valence-corrected chi connectivity index (χ3v) is 5.84. The first-order valence-corrected chi connectivity index (χ1v) is 8.28. The third kappa shape index (κ3) is 2.61. The van der Waals surface area contributed by atoms with Gasteiger partial charge in [-0.2, -0.15) is 0 Å². The van der Waals surface area contributed by atoms with Gasteiger partial charge in [-0.05, 0) is 68.1 Å². The number of aliphatic hydroxyl groups is 1. The molecule has 4 saturated carbocycles. The Morgan fingerprint density at radius 3 is 2.30 bits per heavy atom. The molecule has 3 nitrogen and oxygen atoms in total. The number of carbonyl (C=O) groups is 1. The summed E-state index contributed by atoms with van der Waals surface area (Å²) in [7, 11) is 0. The molecule has 4 bridgehead atoms. The van der Waals surface area contributed by atoms with Crippen LogP contribution in [0.3, 0.4) is 0 Å². The van der Waals surface area contributed by atoms with Crippen LogP contribution in [0.4, 0.5) is 0 Å². The van der Waals surface area contributed by atoms with Crippen molar-refractivity contribution >= 4 is 5.91 Å². The van der Waals surface area contributed by atoms with Crippen molar-refractivity contribution in [2.45, 2.75) is 77.2 Å². The van der Waals surface area contributed by atoms with Gasteiger partial charge >= 0.3 is 0 Å². The Morgan fingerprint density at radius 1 is 1.10 bits per heavy atom. The summed E-state index contributed by atoms with van der Waals surface area (Å²) in [6, 6.07) is 0. The normalized spacial score (nSPS) is 45.6. The number of hydrogen-bond acceptors (Lipinski definition) is 2. The lowest BCUT2D eigenvalue weighted by atomic mass is 9.43. The summed E-state index contributed by atoms with van der Waals surface area (Å²) in [5.74, 6) is 1.02. The van der Waals surface area contributed by atoms with Crippen LogP contribution in [0.2, 0.25) is 0 Å². The second-order valence-electron chi connectivity index (χ2n) is 8.64. The first-order chi connectivity index (χ1) is 9.36. The lowest BCUT2D eigenvalue weighted by Crippen LogP contribution is -2.65. The number of nitrogens with one attached hydrogen (secondary N) is 1. The van der Waals surface area contributed by atoms with Gasteiger partial charge in [0, 0.05) is 18.6 Å². The molecule has 0 heterocycles. The zero-order chi connectivity index (χ0) is 14.4. The van der Waals surface area contributed by atoms with Gasteiger partial charge in [0.2, 0.25) is 5.91 Å². The molecule has 20 heavy (non-hydrogen) atoms. The second kappa shape index (κ2) is 4.72. The van der Waals surface area contributed by atoms with E-state index in [1.54, 1.807) is 0 Å². The molecule has 4 aliphatic rings. The van der Waals surface area contributed by atoms with Gasteiger partial charge in [0.25, 0.3) is 0 Å². The zero-order valence-corrected chi connectivity index (χ0v) is 13.0. The Bertz CT molecular complexity index is 388. The Morgan fingerprint density at radius 2 is 1.75 bits per heavy atom. The molecule has 2 unspecified atom stereocenters. The van der Waals surface area contributed by atoms with E-state index in [9.17, 15) is 4.79 Å². The van der Waals surface area contributed by atoms with E-state index < -0.39 is 0 Å². The maximum Gasteiger partial charge on any atom is 0.220 e. The summed E-state index contributed by atoms with van der Waals surface area (Å²) < 4.78 is 0. The summed E-state index contributed by atoms with van der Waals surface area (Å²) >= 11 is 0. The van der Waals surface area contributed by atoms with Crippen LogP contribution >= 0.6 is 0 Å². The van der Waals surface area contributed by atoms with Gasteiger partial charge in [0.1, 0.15) is 0 Å². The molecule has 0 aromatic rings. The van der Waals surface area contributed by atoms with Gasteiger partial charge in [0.05, 0.1) is 0 Å². The van der Waals surface area contributed by atoms with Gasteiger partial charge in [-0.15, -0.1) is 0 Å². The van der Waals surface area contributed by atoms with Crippen molar-refractivity contribution in [1.82, 2.24) is 5.32 Å². The Hall–Kier alpha value is -0.570. The molecule has 4 aliphatic carbocycles. The molecule has 4 fully saturated rings. The van der Waals surface area contributed by atoms with Crippen LogP contribution in [0.25, 0.3) is 0 Å². The maximum absolute atomic E-state index is 12.2. The molecule has 0 aromatic carbocycles. The average molecular weight is 279 g/mol. The minimum absolute atomic E-state index is 0.0826. The van der Waals surface area contributed by atoms with Crippen LogP contribution in [-0.4, -0.2) is 23.2 Å². The van der Waals surface area contributed by atoms with Crippen LogP contribution in [0.1, 0.15) is 71.6 Å². The predicted molar refractivity (Wildman–Crippen MR) is 79.2 cm³/mol. The quantitative estimate of drug-likeness (QED) is 0.760. The highest BCUT2D eigenvalue weighted by atomic mass is 16.3. The fourth-order valence-corrected chi connectivity index (χ4v) is 6.34. The summed E-state index contributed by atoms with van der Waals surface area (Å²) in [5, 5.41) is 12.2. The van der Waals surface area contributed by atoms with Gasteiger partial charge < -0.3 is 10.4 Å². The van der Waals surface area contributed by atoms with Crippen LogP contribution < -0.4 is 5.32 Å². The van der Waals surface area contributed by atoms with E-state index >= 15 is 0 Å². The molecule has 3 heteroatoms. The Labute approximate surface area is 122 Å². The van der Waals surface area contributed by atoms with Crippen LogP contribution in [0, 0.1) is 16.7 Å². The van der Waals surface area contributed by atoms with E-state index in [1.807, 2.05) is 0 Å². The number of amides is 1. The molecule has 0 radical (unpaired) electrons. The van der Waals surface area contributed by atoms with Crippen molar-refractivity contribution in [3.05, 3.63) is 0 Å². The van der Waals surface area contributed by atoms with Crippen LogP contribution in [0.5, 0.6) is 0 Å². The monoisotopic (exact) mass is 279 g/mol. The summed E-state index contributed by atoms with van der Waals surface area (Å²) in [6.45, 7) is 5.06. The molecule has 0 aromatic heterocycles. The molecule has 0 spiro atoms. The van der Waals surface area contributed by atoms with Crippen molar-refractivity contribution in [3.63, 3.8) is 0 Å². The number of rotatable bonds is 5. The molecular weight excluding hydrogens is 250 g/mol.